The zero-order chi connectivity index (χ0) is 25.9. The number of rotatable bonds is 8. The average Bonchev–Trinajstić information content (AvgIpc) is 3.51. The van der Waals surface area contributed by atoms with Gasteiger partial charge in [-0.1, -0.05) is 0 Å². The lowest BCUT2D eigenvalue weighted by atomic mass is 9.93. The smallest absolute Gasteiger partial charge is 0.223 e. The second-order valence-electron chi connectivity index (χ2n) is 9.77. The minimum absolute atomic E-state index is 0.0819. The predicted octanol–water partition coefficient (Wildman–Crippen LogP) is 4.42. The molecule has 2 aliphatic rings. The summed E-state index contributed by atoms with van der Waals surface area (Å²) in [6.07, 6.45) is 6.30. The van der Waals surface area contributed by atoms with Gasteiger partial charge in [0.1, 0.15) is 23.1 Å². The van der Waals surface area contributed by atoms with Crippen molar-refractivity contribution < 1.29 is 23.8 Å². The van der Waals surface area contributed by atoms with E-state index in [0.29, 0.717) is 32.5 Å². The van der Waals surface area contributed by atoms with Crippen LogP contribution in [-0.4, -0.2) is 60.6 Å². The molecular weight excluding hydrogens is 470 g/mol. The normalized spacial score (nSPS) is 17.5. The third-order valence-corrected chi connectivity index (χ3v) is 7.58. The lowest BCUT2D eigenvalue weighted by Gasteiger charge is -2.32. The van der Waals surface area contributed by atoms with Gasteiger partial charge in [-0.05, 0) is 54.3 Å². The van der Waals surface area contributed by atoms with Crippen LogP contribution in [-0.2, 0) is 11.3 Å². The lowest BCUT2D eigenvalue weighted by Crippen LogP contribution is -2.38. The molecule has 3 aromatic rings. The molecule has 37 heavy (non-hydrogen) atoms. The SMILES string of the molecule is COc1cc(Cn2ccnc2C2CCN(C(=O)CC3CC(=O)c4ccc(OC)cc43)CC2)cc(OC)c1. The Labute approximate surface area is 217 Å². The Morgan fingerprint density at radius 2 is 1.68 bits per heavy atom. The van der Waals surface area contributed by atoms with Crippen LogP contribution in [0.15, 0.2) is 48.8 Å². The molecule has 8 heteroatoms. The minimum Gasteiger partial charge on any atom is -0.497 e. The van der Waals surface area contributed by atoms with Crippen LogP contribution in [0.4, 0.5) is 0 Å². The fourth-order valence-electron chi connectivity index (χ4n) is 5.58. The number of methoxy groups -OCH3 is 3. The summed E-state index contributed by atoms with van der Waals surface area (Å²) in [4.78, 5) is 32.3. The third-order valence-electron chi connectivity index (χ3n) is 7.58. The number of amides is 1. The number of hydrogen-bond acceptors (Lipinski definition) is 6. The van der Waals surface area contributed by atoms with Gasteiger partial charge in [-0.3, -0.25) is 9.59 Å². The van der Waals surface area contributed by atoms with Crippen LogP contribution in [0.2, 0.25) is 0 Å². The van der Waals surface area contributed by atoms with E-state index < -0.39 is 0 Å². The van der Waals surface area contributed by atoms with Gasteiger partial charge in [-0.2, -0.15) is 0 Å². The van der Waals surface area contributed by atoms with Gasteiger partial charge < -0.3 is 23.7 Å². The highest BCUT2D eigenvalue weighted by Crippen LogP contribution is 2.38. The fraction of sp³-hybridized carbons (Fsp3) is 0.414. The fourth-order valence-corrected chi connectivity index (χ4v) is 5.58. The molecule has 1 aliphatic heterocycles. The maximum atomic E-state index is 13.2. The number of Topliss-reactive ketones (excluding diaryl/α,β-unsaturated/α-hetero) is 1. The summed E-state index contributed by atoms with van der Waals surface area (Å²) in [7, 11) is 4.91. The monoisotopic (exact) mass is 503 g/mol. The van der Waals surface area contributed by atoms with Crippen molar-refractivity contribution in [2.75, 3.05) is 34.4 Å². The van der Waals surface area contributed by atoms with Crippen molar-refractivity contribution >= 4 is 11.7 Å². The standard InChI is InChI=1S/C29H33N3O5/c1-35-22-4-5-25-26(17-22)21(14-27(25)33)15-28(34)31-9-6-20(7-10-31)29-30-8-11-32(29)18-19-12-23(36-2)16-24(13-19)37-3/h4-5,8,11-13,16-17,20-21H,6-7,9-10,14-15,18H2,1-3H3. The van der Waals surface area contributed by atoms with Crippen molar-refractivity contribution in [2.24, 2.45) is 0 Å². The summed E-state index contributed by atoms with van der Waals surface area (Å²) in [6, 6.07) is 11.4. The van der Waals surface area contributed by atoms with Crippen molar-refractivity contribution in [2.45, 2.75) is 44.1 Å². The van der Waals surface area contributed by atoms with Gasteiger partial charge >= 0.3 is 0 Å². The number of carbonyl (C=O) groups excluding carboxylic acids is 2. The predicted molar refractivity (Wildman–Crippen MR) is 139 cm³/mol. The zero-order valence-corrected chi connectivity index (χ0v) is 21.6. The molecule has 0 N–H and O–H groups in total. The van der Waals surface area contributed by atoms with E-state index in [1.807, 2.05) is 47.6 Å². The van der Waals surface area contributed by atoms with E-state index in [-0.39, 0.29) is 23.5 Å². The minimum atomic E-state index is -0.0819. The molecule has 1 aromatic heterocycles. The Balaban J connectivity index is 1.21. The van der Waals surface area contributed by atoms with Crippen molar-refractivity contribution in [1.82, 2.24) is 14.5 Å². The maximum absolute atomic E-state index is 13.2. The topological polar surface area (TPSA) is 82.9 Å². The number of imidazole rings is 1. The second-order valence-corrected chi connectivity index (χ2v) is 9.77. The summed E-state index contributed by atoms with van der Waals surface area (Å²) in [5, 5.41) is 0. The Morgan fingerprint density at radius 3 is 2.35 bits per heavy atom. The van der Waals surface area contributed by atoms with Crippen LogP contribution < -0.4 is 14.2 Å². The van der Waals surface area contributed by atoms with Gasteiger partial charge in [0, 0.05) is 68.3 Å². The van der Waals surface area contributed by atoms with Gasteiger partial charge in [0.15, 0.2) is 5.78 Å². The van der Waals surface area contributed by atoms with E-state index in [2.05, 4.69) is 9.55 Å². The molecule has 1 amide bonds. The molecule has 5 rings (SSSR count). The number of carbonyl (C=O) groups is 2. The maximum Gasteiger partial charge on any atom is 0.223 e. The molecule has 0 saturated carbocycles. The molecule has 2 aromatic carbocycles. The van der Waals surface area contributed by atoms with Crippen LogP contribution in [0.1, 0.15) is 64.8 Å². The quantitative estimate of drug-likeness (QED) is 0.453. The van der Waals surface area contributed by atoms with Crippen molar-refractivity contribution in [3.8, 4) is 17.2 Å². The number of benzene rings is 2. The second kappa shape index (κ2) is 10.7. The number of ether oxygens (including phenoxy) is 3. The van der Waals surface area contributed by atoms with E-state index in [0.717, 1.165) is 52.6 Å². The van der Waals surface area contributed by atoms with Crippen LogP contribution in [0.25, 0.3) is 0 Å². The molecule has 1 unspecified atom stereocenters. The number of fused-ring (bicyclic) bond motifs is 1. The molecular formula is C29H33N3O5. The number of ketones is 1. The Bertz CT molecular complexity index is 1270. The average molecular weight is 504 g/mol. The van der Waals surface area contributed by atoms with Gasteiger partial charge in [0.2, 0.25) is 5.91 Å². The molecule has 0 radical (unpaired) electrons. The first-order valence-electron chi connectivity index (χ1n) is 12.7. The molecule has 0 spiro atoms. The number of likely N-dealkylation sites (tertiary alicyclic amines) is 1. The summed E-state index contributed by atoms with van der Waals surface area (Å²) >= 11 is 0. The molecule has 1 fully saturated rings. The first kappa shape index (κ1) is 24.9. The molecule has 194 valence electrons. The van der Waals surface area contributed by atoms with Gasteiger partial charge in [0.25, 0.3) is 0 Å². The highest BCUT2D eigenvalue weighted by atomic mass is 16.5. The van der Waals surface area contributed by atoms with Crippen LogP contribution in [0.3, 0.4) is 0 Å². The summed E-state index contributed by atoms with van der Waals surface area (Å²) in [5.41, 5.74) is 2.73. The summed E-state index contributed by atoms with van der Waals surface area (Å²) in [6.45, 7) is 2.05. The van der Waals surface area contributed by atoms with E-state index in [9.17, 15) is 9.59 Å². The summed E-state index contributed by atoms with van der Waals surface area (Å²) in [5.74, 6) is 3.69. The van der Waals surface area contributed by atoms with Crippen molar-refractivity contribution in [3.63, 3.8) is 0 Å². The van der Waals surface area contributed by atoms with E-state index in [4.69, 9.17) is 14.2 Å². The first-order valence-corrected chi connectivity index (χ1v) is 12.7. The van der Waals surface area contributed by atoms with E-state index in [1.54, 1.807) is 27.4 Å². The third kappa shape index (κ3) is 5.19. The lowest BCUT2D eigenvalue weighted by molar-refractivity contribution is -0.132. The molecule has 1 saturated heterocycles. The van der Waals surface area contributed by atoms with Crippen LogP contribution in [0.5, 0.6) is 17.2 Å². The highest BCUT2D eigenvalue weighted by molar-refractivity contribution is 6.02. The van der Waals surface area contributed by atoms with E-state index >= 15 is 0 Å². The number of piperidine rings is 1. The molecule has 8 nitrogen and oxygen atoms in total. The van der Waals surface area contributed by atoms with E-state index in [1.165, 1.54) is 0 Å². The van der Waals surface area contributed by atoms with Crippen molar-refractivity contribution in [3.05, 3.63) is 71.3 Å². The Hall–Kier alpha value is -3.81. The molecule has 1 aliphatic carbocycles. The zero-order valence-electron chi connectivity index (χ0n) is 21.6. The Kier molecular flexibility index (Phi) is 7.17. The highest BCUT2D eigenvalue weighted by Gasteiger charge is 2.34. The van der Waals surface area contributed by atoms with Crippen LogP contribution >= 0.6 is 0 Å². The number of nitrogens with zero attached hydrogens (tertiary/aromatic N) is 3. The number of hydrogen-bond donors (Lipinski definition) is 0. The summed E-state index contributed by atoms with van der Waals surface area (Å²) < 4.78 is 18.3. The Morgan fingerprint density at radius 1 is 0.973 bits per heavy atom. The largest absolute Gasteiger partial charge is 0.497 e. The first-order chi connectivity index (χ1) is 18.0. The van der Waals surface area contributed by atoms with Gasteiger partial charge in [-0.25, -0.2) is 4.98 Å². The van der Waals surface area contributed by atoms with Crippen molar-refractivity contribution in [1.29, 1.82) is 0 Å². The van der Waals surface area contributed by atoms with Gasteiger partial charge in [-0.15, -0.1) is 0 Å². The van der Waals surface area contributed by atoms with Crippen LogP contribution in [0, 0.1) is 0 Å². The molecule has 2 heterocycles. The van der Waals surface area contributed by atoms with Gasteiger partial charge in [0.05, 0.1) is 21.3 Å². The number of aromatic nitrogens is 2. The molecule has 0 bridgehead atoms. The molecule has 1 atom stereocenters.